The maximum Gasteiger partial charge on any atom is 0.416 e. The number of aromatic carboxylic acids is 1. The SMILES string of the molecule is O=C(O)c1cc(-c2ccccc2OCc2ccccc2)cc(C(F)(F)F)c1. The third kappa shape index (κ3) is 4.47. The maximum absolute atomic E-state index is 13.2. The van der Waals surface area contributed by atoms with Crippen LogP contribution in [-0.2, 0) is 12.8 Å². The standard InChI is InChI=1S/C21H15F3O3/c22-21(23,24)17-11-15(10-16(12-17)20(25)26)18-8-4-5-9-19(18)27-13-14-6-2-1-3-7-14/h1-12H,13H2,(H,25,26). The van der Waals surface area contributed by atoms with Crippen molar-refractivity contribution in [2.75, 3.05) is 0 Å². The van der Waals surface area contributed by atoms with Gasteiger partial charge in [0.15, 0.2) is 0 Å². The van der Waals surface area contributed by atoms with Crippen molar-refractivity contribution in [1.82, 2.24) is 0 Å². The van der Waals surface area contributed by atoms with Gasteiger partial charge in [0, 0.05) is 5.56 Å². The topological polar surface area (TPSA) is 46.5 Å². The van der Waals surface area contributed by atoms with E-state index in [4.69, 9.17) is 9.84 Å². The van der Waals surface area contributed by atoms with E-state index in [1.807, 2.05) is 30.3 Å². The molecule has 0 aliphatic carbocycles. The Morgan fingerprint density at radius 1 is 0.926 bits per heavy atom. The lowest BCUT2D eigenvalue weighted by Crippen LogP contribution is -2.08. The fourth-order valence-corrected chi connectivity index (χ4v) is 2.64. The number of para-hydroxylation sites is 1. The smallest absolute Gasteiger partial charge is 0.416 e. The molecule has 0 bridgehead atoms. The van der Waals surface area contributed by atoms with Gasteiger partial charge >= 0.3 is 12.1 Å². The molecular weight excluding hydrogens is 357 g/mol. The van der Waals surface area contributed by atoms with Crippen LogP contribution in [0, 0.1) is 0 Å². The summed E-state index contributed by atoms with van der Waals surface area (Å²) in [5.74, 6) is -1.05. The van der Waals surface area contributed by atoms with Gasteiger partial charge in [0.1, 0.15) is 12.4 Å². The van der Waals surface area contributed by atoms with E-state index in [-0.39, 0.29) is 12.2 Å². The van der Waals surface area contributed by atoms with Crippen LogP contribution in [0.1, 0.15) is 21.5 Å². The van der Waals surface area contributed by atoms with Crippen molar-refractivity contribution < 1.29 is 27.8 Å². The highest BCUT2D eigenvalue weighted by Gasteiger charge is 2.32. The van der Waals surface area contributed by atoms with E-state index in [1.165, 1.54) is 6.07 Å². The first-order chi connectivity index (χ1) is 12.8. The van der Waals surface area contributed by atoms with Gasteiger partial charge in [-0.3, -0.25) is 0 Å². The van der Waals surface area contributed by atoms with Crippen LogP contribution in [0.5, 0.6) is 5.75 Å². The number of carboxylic acid groups (broad SMARTS) is 1. The van der Waals surface area contributed by atoms with E-state index in [1.54, 1.807) is 24.3 Å². The highest BCUT2D eigenvalue weighted by atomic mass is 19.4. The highest BCUT2D eigenvalue weighted by molar-refractivity contribution is 5.90. The average Bonchev–Trinajstić information content (AvgIpc) is 2.66. The third-order valence-corrected chi connectivity index (χ3v) is 3.94. The molecule has 0 atom stereocenters. The second-order valence-electron chi connectivity index (χ2n) is 5.87. The van der Waals surface area contributed by atoms with Crippen molar-refractivity contribution in [2.24, 2.45) is 0 Å². The lowest BCUT2D eigenvalue weighted by molar-refractivity contribution is -0.137. The van der Waals surface area contributed by atoms with Crippen LogP contribution in [0.15, 0.2) is 72.8 Å². The molecule has 0 fully saturated rings. The summed E-state index contributed by atoms with van der Waals surface area (Å²) >= 11 is 0. The van der Waals surface area contributed by atoms with Crippen LogP contribution >= 0.6 is 0 Å². The molecule has 0 unspecified atom stereocenters. The molecule has 0 spiro atoms. The number of rotatable bonds is 5. The molecule has 0 aromatic heterocycles. The summed E-state index contributed by atoms with van der Waals surface area (Å²) in [5.41, 5.74) is -0.0246. The second-order valence-corrected chi connectivity index (χ2v) is 5.87. The summed E-state index contributed by atoms with van der Waals surface area (Å²) in [6, 6.07) is 18.7. The normalized spacial score (nSPS) is 11.2. The van der Waals surface area contributed by atoms with Gasteiger partial charge in [0.2, 0.25) is 0 Å². The van der Waals surface area contributed by atoms with Crippen LogP contribution < -0.4 is 4.74 Å². The molecule has 6 heteroatoms. The lowest BCUT2D eigenvalue weighted by Gasteiger charge is -2.14. The average molecular weight is 372 g/mol. The van der Waals surface area contributed by atoms with Crippen molar-refractivity contribution >= 4 is 5.97 Å². The molecule has 0 amide bonds. The molecule has 3 nitrogen and oxygen atoms in total. The number of carboxylic acids is 1. The Morgan fingerprint density at radius 2 is 1.59 bits per heavy atom. The summed E-state index contributed by atoms with van der Waals surface area (Å²) in [7, 11) is 0. The first-order valence-electron chi connectivity index (χ1n) is 8.06. The molecule has 27 heavy (non-hydrogen) atoms. The fourth-order valence-electron chi connectivity index (χ4n) is 2.64. The number of hydrogen-bond donors (Lipinski definition) is 1. The van der Waals surface area contributed by atoms with Crippen molar-refractivity contribution in [3.63, 3.8) is 0 Å². The summed E-state index contributed by atoms with van der Waals surface area (Å²) < 4.78 is 45.3. The minimum atomic E-state index is -4.65. The molecule has 0 heterocycles. The number of carbonyl (C=O) groups is 1. The summed E-state index contributed by atoms with van der Waals surface area (Å²) in [6.45, 7) is 0.239. The minimum Gasteiger partial charge on any atom is -0.488 e. The monoisotopic (exact) mass is 372 g/mol. The zero-order valence-electron chi connectivity index (χ0n) is 14.0. The Morgan fingerprint density at radius 3 is 2.26 bits per heavy atom. The molecule has 3 aromatic rings. The molecule has 0 aliphatic heterocycles. The van der Waals surface area contributed by atoms with Gasteiger partial charge in [-0.25, -0.2) is 4.79 Å². The first kappa shape index (κ1) is 18.5. The number of alkyl halides is 3. The van der Waals surface area contributed by atoms with Crippen molar-refractivity contribution in [3.05, 3.63) is 89.5 Å². The predicted molar refractivity (Wildman–Crippen MR) is 94.6 cm³/mol. The Labute approximate surface area is 153 Å². The summed E-state index contributed by atoms with van der Waals surface area (Å²) in [6.07, 6.45) is -4.65. The van der Waals surface area contributed by atoms with Gasteiger partial charge < -0.3 is 9.84 Å². The zero-order chi connectivity index (χ0) is 19.4. The Balaban J connectivity index is 2.01. The van der Waals surface area contributed by atoms with Crippen molar-refractivity contribution in [2.45, 2.75) is 12.8 Å². The molecule has 3 rings (SSSR count). The molecule has 138 valence electrons. The number of benzene rings is 3. The van der Waals surface area contributed by atoms with E-state index in [0.29, 0.717) is 17.4 Å². The van der Waals surface area contributed by atoms with E-state index >= 15 is 0 Å². The molecule has 0 saturated heterocycles. The van der Waals surface area contributed by atoms with E-state index in [9.17, 15) is 18.0 Å². The first-order valence-corrected chi connectivity index (χ1v) is 8.06. The molecule has 1 N–H and O–H groups in total. The zero-order valence-corrected chi connectivity index (χ0v) is 14.0. The second kappa shape index (κ2) is 7.53. The Bertz CT molecular complexity index is 950. The van der Waals surface area contributed by atoms with Crippen LogP contribution in [0.4, 0.5) is 13.2 Å². The predicted octanol–water partition coefficient (Wildman–Crippen LogP) is 5.65. The van der Waals surface area contributed by atoms with Gasteiger partial charge in [0.05, 0.1) is 11.1 Å². The third-order valence-electron chi connectivity index (χ3n) is 3.94. The van der Waals surface area contributed by atoms with Gasteiger partial charge in [-0.1, -0.05) is 48.5 Å². The lowest BCUT2D eigenvalue weighted by atomic mass is 9.98. The number of ether oxygens (including phenoxy) is 1. The van der Waals surface area contributed by atoms with Gasteiger partial charge in [-0.05, 0) is 35.4 Å². The largest absolute Gasteiger partial charge is 0.488 e. The highest BCUT2D eigenvalue weighted by Crippen LogP contribution is 2.36. The summed E-state index contributed by atoms with van der Waals surface area (Å²) in [5, 5.41) is 9.17. The molecule has 0 radical (unpaired) electrons. The van der Waals surface area contributed by atoms with Gasteiger partial charge in [-0.2, -0.15) is 13.2 Å². The van der Waals surface area contributed by atoms with Crippen LogP contribution in [0.3, 0.4) is 0 Å². The van der Waals surface area contributed by atoms with E-state index < -0.39 is 23.3 Å². The molecule has 3 aromatic carbocycles. The van der Waals surface area contributed by atoms with Gasteiger partial charge in [0.25, 0.3) is 0 Å². The maximum atomic E-state index is 13.2. The number of halogens is 3. The number of hydrogen-bond acceptors (Lipinski definition) is 2. The van der Waals surface area contributed by atoms with Gasteiger partial charge in [-0.15, -0.1) is 0 Å². The van der Waals surface area contributed by atoms with Crippen LogP contribution in [0.2, 0.25) is 0 Å². The van der Waals surface area contributed by atoms with Crippen LogP contribution in [0.25, 0.3) is 11.1 Å². The van der Waals surface area contributed by atoms with E-state index in [0.717, 1.165) is 11.6 Å². The minimum absolute atomic E-state index is 0.130. The Hall–Kier alpha value is -3.28. The van der Waals surface area contributed by atoms with E-state index in [2.05, 4.69) is 0 Å². The summed E-state index contributed by atoms with van der Waals surface area (Å²) in [4.78, 5) is 11.3. The molecule has 0 saturated carbocycles. The van der Waals surface area contributed by atoms with Crippen molar-refractivity contribution in [3.8, 4) is 16.9 Å². The quantitative estimate of drug-likeness (QED) is 0.630. The molecule has 0 aliphatic rings. The molecular formula is C21H15F3O3. The Kier molecular flexibility index (Phi) is 5.16. The fraction of sp³-hybridized carbons (Fsp3) is 0.0952. The van der Waals surface area contributed by atoms with Crippen molar-refractivity contribution in [1.29, 1.82) is 0 Å². The van der Waals surface area contributed by atoms with Crippen LogP contribution in [-0.4, -0.2) is 11.1 Å².